The van der Waals surface area contributed by atoms with Gasteiger partial charge in [0.2, 0.25) is 5.91 Å². The molecule has 0 saturated carbocycles. The molecule has 0 aromatic heterocycles. The highest BCUT2D eigenvalue weighted by Crippen LogP contribution is 2.09. The first-order valence-corrected chi connectivity index (χ1v) is 25.2. The molecule has 4 heteroatoms. The molecule has 0 aromatic rings. The third kappa shape index (κ3) is 48.9. The summed E-state index contributed by atoms with van der Waals surface area (Å²) in [5.74, 6) is -0.111. The molecule has 2 unspecified atom stereocenters. The van der Waals surface area contributed by atoms with E-state index in [9.17, 15) is 15.0 Å². The Kier molecular flexibility index (Phi) is 49.0. The van der Waals surface area contributed by atoms with Crippen LogP contribution in [0.4, 0.5) is 0 Å². The quantitative estimate of drug-likeness (QED) is 0.0422. The minimum absolute atomic E-state index is 0.111. The van der Waals surface area contributed by atoms with E-state index in [2.05, 4.69) is 165 Å². The maximum atomic E-state index is 12.4. The fourth-order valence-corrected chi connectivity index (χ4v) is 6.41. The summed E-state index contributed by atoms with van der Waals surface area (Å²) in [6.07, 6.45) is 85.1. The molecule has 63 heavy (non-hydrogen) atoms. The fourth-order valence-electron chi connectivity index (χ4n) is 6.41. The highest BCUT2D eigenvalue weighted by molar-refractivity contribution is 5.76. The minimum Gasteiger partial charge on any atom is -0.394 e. The highest BCUT2D eigenvalue weighted by atomic mass is 16.3. The number of rotatable bonds is 43. The van der Waals surface area contributed by atoms with Crippen LogP contribution in [-0.4, -0.2) is 34.9 Å². The molecule has 2 atom stereocenters. The van der Waals surface area contributed by atoms with Crippen LogP contribution in [0.1, 0.15) is 187 Å². The van der Waals surface area contributed by atoms with Crippen molar-refractivity contribution in [3.63, 3.8) is 0 Å². The maximum Gasteiger partial charge on any atom is 0.220 e. The zero-order chi connectivity index (χ0) is 45.6. The summed E-state index contributed by atoms with van der Waals surface area (Å²) in [7, 11) is 0. The number of aliphatic hydroxyl groups is 2. The van der Waals surface area contributed by atoms with Gasteiger partial charge in [-0.05, 0) is 122 Å². The van der Waals surface area contributed by atoms with Crippen molar-refractivity contribution in [2.75, 3.05) is 6.61 Å². The predicted octanol–water partition coefficient (Wildman–Crippen LogP) is 16.6. The van der Waals surface area contributed by atoms with E-state index in [-0.39, 0.29) is 12.5 Å². The van der Waals surface area contributed by atoms with Crippen molar-refractivity contribution < 1.29 is 15.0 Å². The van der Waals surface area contributed by atoms with Crippen LogP contribution in [0, 0.1) is 0 Å². The number of nitrogens with one attached hydrogen (secondary N) is 1. The van der Waals surface area contributed by atoms with Gasteiger partial charge in [0.15, 0.2) is 0 Å². The number of unbranched alkanes of at least 4 members (excludes halogenated alkanes) is 12. The second kappa shape index (κ2) is 52.4. The van der Waals surface area contributed by atoms with Crippen LogP contribution < -0.4 is 5.32 Å². The molecule has 0 aliphatic rings. The number of hydrogen-bond donors (Lipinski definition) is 3. The van der Waals surface area contributed by atoms with Gasteiger partial charge in [-0.15, -0.1) is 0 Å². The van der Waals surface area contributed by atoms with E-state index in [0.29, 0.717) is 6.42 Å². The number of allylic oxidation sites excluding steroid dienone is 25. The first-order chi connectivity index (χ1) is 31.2. The average Bonchev–Trinajstić information content (AvgIpc) is 3.29. The highest BCUT2D eigenvalue weighted by Gasteiger charge is 2.17. The van der Waals surface area contributed by atoms with Gasteiger partial charge in [0.25, 0.3) is 0 Å². The van der Waals surface area contributed by atoms with Crippen molar-refractivity contribution in [1.29, 1.82) is 0 Å². The predicted molar refractivity (Wildman–Crippen MR) is 280 cm³/mol. The zero-order valence-electron chi connectivity index (χ0n) is 40.3. The van der Waals surface area contributed by atoms with Crippen LogP contribution in [0.3, 0.4) is 0 Å². The van der Waals surface area contributed by atoms with Gasteiger partial charge in [-0.2, -0.15) is 0 Å². The third-order valence-corrected chi connectivity index (χ3v) is 10.2. The largest absolute Gasteiger partial charge is 0.394 e. The molecule has 0 spiro atoms. The lowest BCUT2D eigenvalue weighted by Gasteiger charge is -2.19. The third-order valence-electron chi connectivity index (χ3n) is 10.2. The van der Waals surface area contributed by atoms with Gasteiger partial charge in [-0.25, -0.2) is 0 Å². The Balaban J connectivity index is 3.77. The smallest absolute Gasteiger partial charge is 0.220 e. The fraction of sp³-hybridized carbons (Fsp3) is 0.542. The molecule has 1 amide bonds. The van der Waals surface area contributed by atoms with E-state index in [4.69, 9.17) is 0 Å². The molecule has 0 bridgehead atoms. The van der Waals surface area contributed by atoms with E-state index >= 15 is 0 Å². The first kappa shape index (κ1) is 59.0. The van der Waals surface area contributed by atoms with Crippen molar-refractivity contribution in [3.8, 4) is 0 Å². The van der Waals surface area contributed by atoms with E-state index in [1.54, 1.807) is 6.08 Å². The molecule has 4 nitrogen and oxygen atoms in total. The Hall–Kier alpha value is -3.99. The van der Waals surface area contributed by atoms with Crippen molar-refractivity contribution >= 4 is 5.91 Å². The first-order valence-electron chi connectivity index (χ1n) is 25.2. The van der Waals surface area contributed by atoms with Crippen LogP contribution in [0.15, 0.2) is 158 Å². The summed E-state index contributed by atoms with van der Waals surface area (Å²) in [5.41, 5.74) is 0. The van der Waals surface area contributed by atoms with E-state index in [1.807, 2.05) is 6.08 Å². The lowest BCUT2D eigenvalue weighted by Crippen LogP contribution is -2.45. The Morgan fingerprint density at radius 2 is 0.714 bits per heavy atom. The second-order valence-electron chi connectivity index (χ2n) is 16.1. The number of aliphatic hydroxyl groups excluding tert-OH is 2. The Labute approximate surface area is 388 Å². The van der Waals surface area contributed by atoms with Crippen molar-refractivity contribution in [2.24, 2.45) is 0 Å². The summed E-state index contributed by atoms with van der Waals surface area (Å²) in [4.78, 5) is 12.4. The van der Waals surface area contributed by atoms with Crippen molar-refractivity contribution in [3.05, 3.63) is 158 Å². The Morgan fingerprint density at radius 3 is 1.11 bits per heavy atom. The maximum absolute atomic E-state index is 12.4. The molecule has 0 aliphatic carbocycles. The molecule has 0 heterocycles. The normalized spacial score (nSPS) is 14.3. The molecule has 0 aliphatic heterocycles. The average molecular weight is 864 g/mol. The summed E-state index contributed by atoms with van der Waals surface area (Å²) < 4.78 is 0. The van der Waals surface area contributed by atoms with E-state index < -0.39 is 12.1 Å². The topological polar surface area (TPSA) is 69.6 Å². The number of carbonyl (C=O) groups is 1. The van der Waals surface area contributed by atoms with Crippen LogP contribution in [0.25, 0.3) is 0 Å². The lowest BCUT2D eigenvalue weighted by molar-refractivity contribution is -0.123. The molecule has 3 N–H and O–H groups in total. The number of carbonyl (C=O) groups excluding carboxylic acids is 1. The number of amides is 1. The summed E-state index contributed by atoms with van der Waals surface area (Å²) in [6, 6.07) is -0.671. The van der Waals surface area contributed by atoms with Gasteiger partial charge in [0.1, 0.15) is 0 Å². The van der Waals surface area contributed by atoms with Crippen molar-refractivity contribution in [2.45, 2.75) is 199 Å². The SMILES string of the molecule is CC/C=C\C/C=C\C/C=C\C/C=C\C/C=C\C/C=C\C/C=C\C/C=C\C/C=C\C/C=C\CCCCCCC(=O)NC(CO)C(O)/C=C/CC/C=C/CC/C=C/CCCCCCCC. The van der Waals surface area contributed by atoms with E-state index in [0.717, 1.165) is 122 Å². The molecule has 0 radical (unpaired) electrons. The van der Waals surface area contributed by atoms with Gasteiger partial charge < -0.3 is 15.5 Å². The van der Waals surface area contributed by atoms with Crippen LogP contribution in [0.2, 0.25) is 0 Å². The molecular weight excluding hydrogens is 771 g/mol. The van der Waals surface area contributed by atoms with Crippen LogP contribution in [0.5, 0.6) is 0 Å². The molecule has 0 fully saturated rings. The van der Waals surface area contributed by atoms with Gasteiger partial charge >= 0.3 is 0 Å². The van der Waals surface area contributed by atoms with Gasteiger partial charge in [-0.3, -0.25) is 4.79 Å². The summed E-state index contributed by atoms with van der Waals surface area (Å²) >= 11 is 0. The Morgan fingerprint density at radius 1 is 0.397 bits per heavy atom. The van der Waals surface area contributed by atoms with Gasteiger partial charge in [-0.1, -0.05) is 217 Å². The zero-order valence-corrected chi connectivity index (χ0v) is 40.3. The Bertz CT molecular complexity index is 1400. The molecule has 0 aromatic carbocycles. The van der Waals surface area contributed by atoms with Crippen molar-refractivity contribution in [1.82, 2.24) is 5.32 Å². The van der Waals surface area contributed by atoms with Crippen LogP contribution >= 0.6 is 0 Å². The summed E-state index contributed by atoms with van der Waals surface area (Å²) in [5, 5.41) is 23.0. The standard InChI is InChI=1S/C59H93NO3/c1-3-5-7-9-11-13-15-17-19-21-22-23-24-25-26-27-28-29-30-31-32-33-34-35-36-37-38-39-41-43-45-47-49-51-53-55-59(63)60-57(56-61)58(62)54-52-50-48-46-44-42-40-20-18-16-14-12-10-8-6-4-2/h5,7,11,13,17-20,22-23,25-26,28-29,31-32,34-35,37-38,41,43-44,46,52,54,57-58,61-62H,3-4,6,8-10,12,14-16,21,24,27,30,33,36,39-40,42,45,47-51,53,55-56H2,1-2H3,(H,60,63)/b7-5-,13-11-,19-17-,20-18+,23-22-,26-25-,29-28-,32-31-,35-34-,38-37-,43-41-,46-44+,54-52+. The lowest BCUT2D eigenvalue weighted by atomic mass is 10.1. The minimum atomic E-state index is -0.893. The molecule has 0 rings (SSSR count). The molecular formula is C59H93NO3. The van der Waals surface area contributed by atoms with Crippen LogP contribution in [-0.2, 0) is 4.79 Å². The molecule has 352 valence electrons. The molecule has 0 saturated heterocycles. The van der Waals surface area contributed by atoms with Gasteiger partial charge in [0.05, 0.1) is 18.8 Å². The number of hydrogen-bond acceptors (Lipinski definition) is 3. The second-order valence-corrected chi connectivity index (χ2v) is 16.1. The summed E-state index contributed by atoms with van der Waals surface area (Å²) in [6.45, 7) is 4.14. The van der Waals surface area contributed by atoms with E-state index in [1.165, 1.54) is 44.9 Å². The van der Waals surface area contributed by atoms with Gasteiger partial charge in [0, 0.05) is 6.42 Å². The monoisotopic (exact) mass is 864 g/mol.